The molecule has 2 aliphatic rings. The number of carbonyl (C=O) groups is 2. The molecule has 4 nitrogen and oxygen atoms in total. The van der Waals surface area contributed by atoms with Gasteiger partial charge in [0, 0.05) is 19.5 Å². The van der Waals surface area contributed by atoms with Crippen LogP contribution in [0.15, 0.2) is 60.7 Å². The Morgan fingerprint density at radius 3 is 2.31 bits per heavy atom. The highest BCUT2D eigenvalue weighted by Crippen LogP contribution is 2.70. The van der Waals surface area contributed by atoms with Crippen molar-refractivity contribution in [3.63, 3.8) is 0 Å². The van der Waals surface area contributed by atoms with Crippen LogP contribution in [-0.2, 0) is 15.0 Å². The number of alkyl halides is 2. The number of hydrogen-bond donors (Lipinski definition) is 1. The van der Waals surface area contributed by atoms with E-state index in [1.54, 1.807) is 55.5 Å². The summed E-state index contributed by atoms with van der Waals surface area (Å²) in [6.45, 7) is 1.94. The van der Waals surface area contributed by atoms with Gasteiger partial charge in [-0.15, -0.1) is 0 Å². The summed E-state index contributed by atoms with van der Waals surface area (Å²) < 4.78 is 29.7. The Balaban J connectivity index is 1.56. The van der Waals surface area contributed by atoms with Crippen LogP contribution in [-0.4, -0.2) is 35.7 Å². The number of fused-ring (bicyclic) bond motifs is 1. The number of halogens is 2. The van der Waals surface area contributed by atoms with Crippen molar-refractivity contribution in [2.75, 3.05) is 13.1 Å². The average molecular weight is 398 g/mol. The van der Waals surface area contributed by atoms with E-state index in [-0.39, 0.29) is 37.7 Å². The zero-order chi connectivity index (χ0) is 20.6. The van der Waals surface area contributed by atoms with E-state index in [1.165, 1.54) is 4.90 Å². The van der Waals surface area contributed by atoms with Crippen LogP contribution < -0.4 is 5.32 Å². The standard InChI is InChI=1S/C23H24F2N2O2/c1-2-19(28)26-20(16-9-5-3-6-10-16)21(29)27-14-13-22(17-11-7-4-8-12-17)18(15-27)23(22,24)25/h3-12,18,20H,2,13-15H2,1H3,(H,26,28). The molecule has 0 radical (unpaired) electrons. The molecule has 6 heteroatoms. The lowest BCUT2D eigenvalue weighted by atomic mass is 9.86. The van der Waals surface area contributed by atoms with Crippen molar-refractivity contribution in [2.45, 2.75) is 37.1 Å². The van der Waals surface area contributed by atoms with Gasteiger partial charge in [-0.25, -0.2) is 8.78 Å². The maximum Gasteiger partial charge on any atom is 0.263 e. The second kappa shape index (κ2) is 7.25. The number of rotatable bonds is 5. The van der Waals surface area contributed by atoms with Gasteiger partial charge < -0.3 is 10.2 Å². The molecule has 1 heterocycles. The van der Waals surface area contributed by atoms with Gasteiger partial charge in [0.2, 0.25) is 11.8 Å². The number of likely N-dealkylation sites (tertiary alicyclic amines) is 1. The van der Waals surface area contributed by atoms with Gasteiger partial charge in [-0.05, 0) is 17.5 Å². The summed E-state index contributed by atoms with van der Waals surface area (Å²) in [7, 11) is 0. The van der Waals surface area contributed by atoms with Crippen LogP contribution in [0.1, 0.15) is 36.9 Å². The highest BCUT2D eigenvalue weighted by atomic mass is 19.3. The molecule has 1 aliphatic carbocycles. The average Bonchev–Trinajstić information content (AvgIpc) is 3.28. The van der Waals surface area contributed by atoms with Crippen LogP contribution in [0, 0.1) is 5.92 Å². The normalized spacial score (nSPS) is 25.6. The minimum Gasteiger partial charge on any atom is -0.341 e. The zero-order valence-corrected chi connectivity index (χ0v) is 16.3. The third-order valence-corrected chi connectivity index (χ3v) is 6.33. The molecule has 0 spiro atoms. The van der Waals surface area contributed by atoms with Gasteiger partial charge in [0.05, 0.1) is 11.3 Å². The molecule has 1 saturated carbocycles. The monoisotopic (exact) mass is 398 g/mol. The van der Waals surface area contributed by atoms with E-state index < -0.39 is 23.3 Å². The highest BCUT2D eigenvalue weighted by Gasteiger charge is 2.81. The molecule has 3 unspecified atom stereocenters. The van der Waals surface area contributed by atoms with Crippen LogP contribution in [0.25, 0.3) is 0 Å². The molecule has 152 valence electrons. The van der Waals surface area contributed by atoms with E-state index in [9.17, 15) is 18.4 Å². The van der Waals surface area contributed by atoms with Crippen molar-refractivity contribution >= 4 is 11.8 Å². The second-order valence-electron chi connectivity index (χ2n) is 7.81. The van der Waals surface area contributed by atoms with E-state index in [4.69, 9.17) is 0 Å². The number of amides is 2. The fourth-order valence-corrected chi connectivity index (χ4v) is 4.62. The minimum atomic E-state index is -2.84. The van der Waals surface area contributed by atoms with Crippen molar-refractivity contribution < 1.29 is 18.4 Å². The van der Waals surface area contributed by atoms with Gasteiger partial charge >= 0.3 is 0 Å². The number of hydrogen-bond acceptors (Lipinski definition) is 2. The van der Waals surface area contributed by atoms with E-state index in [0.29, 0.717) is 11.1 Å². The Kier molecular flexibility index (Phi) is 4.89. The lowest BCUT2D eigenvalue weighted by Gasteiger charge is -2.33. The molecule has 0 aromatic heterocycles. The molecule has 1 N–H and O–H groups in total. The Hall–Kier alpha value is -2.76. The first-order valence-corrected chi connectivity index (χ1v) is 9.98. The molecule has 0 bridgehead atoms. The third-order valence-electron chi connectivity index (χ3n) is 6.33. The number of piperidine rings is 1. The fourth-order valence-electron chi connectivity index (χ4n) is 4.62. The van der Waals surface area contributed by atoms with Gasteiger partial charge in [0.15, 0.2) is 0 Å². The number of benzene rings is 2. The number of nitrogens with one attached hydrogen (secondary N) is 1. The summed E-state index contributed by atoms with van der Waals surface area (Å²) in [4.78, 5) is 26.7. The Labute approximate surface area is 168 Å². The van der Waals surface area contributed by atoms with Crippen LogP contribution in [0.4, 0.5) is 8.78 Å². The second-order valence-corrected chi connectivity index (χ2v) is 7.81. The van der Waals surface area contributed by atoms with Crippen molar-refractivity contribution in [1.82, 2.24) is 10.2 Å². The lowest BCUT2D eigenvalue weighted by Crippen LogP contribution is -2.47. The predicted molar refractivity (Wildman–Crippen MR) is 105 cm³/mol. The van der Waals surface area contributed by atoms with Gasteiger partial charge in [0.25, 0.3) is 5.92 Å². The largest absolute Gasteiger partial charge is 0.341 e. The van der Waals surface area contributed by atoms with Crippen LogP contribution in [0.2, 0.25) is 0 Å². The van der Waals surface area contributed by atoms with Gasteiger partial charge in [-0.2, -0.15) is 0 Å². The van der Waals surface area contributed by atoms with Gasteiger partial charge in [0.1, 0.15) is 6.04 Å². The summed E-state index contributed by atoms with van der Waals surface area (Å²) in [5, 5.41) is 2.75. The summed E-state index contributed by atoms with van der Waals surface area (Å²) in [5.41, 5.74) is 0.114. The van der Waals surface area contributed by atoms with Gasteiger partial charge in [-0.1, -0.05) is 67.6 Å². The molecule has 1 saturated heterocycles. The van der Waals surface area contributed by atoms with E-state index in [2.05, 4.69) is 5.32 Å². The Bertz CT molecular complexity index is 904. The maximum absolute atomic E-state index is 14.9. The number of nitrogens with zero attached hydrogens (tertiary/aromatic N) is 1. The Morgan fingerprint density at radius 2 is 1.72 bits per heavy atom. The quantitative estimate of drug-likeness (QED) is 0.835. The summed E-state index contributed by atoms with van der Waals surface area (Å²) in [5.74, 6) is -4.31. The molecule has 2 aromatic carbocycles. The molecular weight excluding hydrogens is 374 g/mol. The molecule has 3 atom stereocenters. The first-order chi connectivity index (χ1) is 13.9. The minimum absolute atomic E-state index is 0.00788. The first kappa shape index (κ1) is 19.6. The third kappa shape index (κ3) is 3.11. The zero-order valence-electron chi connectivity index (χ0n) is 16.3. The van der Waals surface area contributed by atoms with Gasteiger partial charge in [-0.3, -0.25) is 9.59 Å². The molecule has 4 rings (SSSR count). The summed E-state index contributed by atoms with van der Waals surface area (Å²) in [6.07, 6.45) is 0.456. The fraction of sp³-hybridized carbons (Fsp3) is 0.391. The van der Waals surface area contributed by atoms with Crippen molar-refractivity contribution in [3.05, 3.63) is 71.8 Å². The molecular formula is C23H24F2N2O2. The SMILES string of the molecule is CCC(=O)NC(C(=O)N1CCC2(c3ccccc3)C(C1)C2(F)F)c1ccccc1. The molecule has 29 heavy (non-hydrogen) atoms. The van der Waals surface area contributed by atoms with Crippen LogP contribution in [0.5, 0.6) is 0 Å². The molecule has 2 aromatic rings. The summed E-state index contributed by atoms with van der Waals surface area (Å²) >= 11 is 0. The molecule has 2 fully saturated rings. The lowest BCUT2D eigenvalue weighted by molar-refractivity contribution is -0.137. The van der Waals surface area contributed by atoms with Crippen molar-refractivity contribution in [1.29, 1.82) is 0 Å². The van der Waals surface area contributed by atoms with E-state index in [0.717, 1.165) is 0 Å². The highest BCUT2D eigenvalue weighted by molar-refractivity contribution is 5.88. The first-order valence-electron chi connectivity index (χ1n) is 9.98. The topological polar surface area (TPSA) is 49.4 Å². The molecule has 2 amide bonds. The van der Waals surface area contributed by atoms with Crippen LogP contribution >= 0.6 is 0 Å². The Morgan fingerprint density at radius 1 is 1.10 bits per heavy atom. The smallest absolute Gasteiger partial charge is 0.263 e. The predicted octanol–water partition coefficient (Wildman–Crippen LogP) is 3.69. The molecule has 1 aliphatic heterocycles. The maximum atomic E-state index is 14.9. The van der Waals surface area contributed by atoms with Crippen LogP contribution in [0.3, 0.4) is 0 Å². The summed E-state index contributed by atoms with van der Waals surface area (Å²) in [6, 6.07) is 16.9. The van der Waals surface area contributed by atoms with E-state index >= 15 is 0 Å². The number of carbonyl (C=O) groups excluding carboxylic acids is 2. The van der Waals surface area contributed by atoms with Crippen molar-refractivity contribution in [2.24, 2.45) is 5.92 Å². The van der Waals surface area contributed by atoms with Crippen molar-refractivity contribution in [3.8, 4) is 0 Å². The van der Waals surface area contributed by atoms with E-state index in [1.807, 2.05) is 12.1 Å².